The molecule has 0 aliphatic rings. The number of nitrogens with one attached hydrogen (secondary N) is 1. The molecule has 0 aliphatic carbocycles. The van der Waals surface area contributed by atoms with Crippen LogP contribution in [0.5, 0.6) is 5.75 Å². The van der Waals surface area contributed by atoms with Gasteiger partial charge in [0.15, 0.2) is 11.5 Å². The van der Waals surface area contributed by atoms with Gasteiger partial charge in [0.1, 0.15) is 12.0 Å². The molecule has 1 amide bonds. The van der Waals surface area contributed by atoms with E-state index in [1.807, 2.05) is 38.1 Å². The van der Waals surface area contributed by atoms with Crippen molar-refractivity contribution in [1.82, 2.24) is 15.4 Å². The largest absolute Gasteiger partial charge is 0.497 e. The first-order valence-electron chi connectivity index (χ1n) is 7.30. The maximum Gasteiger partial charge on any atom is 0.279 e. The first-order valence-corrected chi connectivity index (χ1v) is 7.30. The van der Waals surface area contributed by atoms with Gasteiger partial charge in [-0.15, -0.1) is 10.2 Å². The molecule has 7 heteroatoms. The Bertz CT molecular complexity index is 858. The van der Waals surface area contributed by atoms with Crippen LogP contribution in [0.2, 0.25) is 0 Å². The summed E-state index contributed by atoms with van der Waals surface area (Å²) in [6, 6.07) is 9.06. The molecule has 3 rings (SSSR count). The first kappa shape index (κ1) is 15.7. The summed E-state index contributed by atoms with van der Waals surface area (Å²) >= 11 is 0. The fourth-order valence-corrected chi connectivity index (χ4v) is 2.25. The van der Waals surface area contributed by atoms with Crippen molar-refractivity contribution >= 4 is 11.7 Å². The second kappa shape index (κ2) is 6.49. The molecule has 0 bridgehead atoms. The van der Waals surface area contributed by atoms with E-state index in [1.54, 1.807) is 7.11 Å². The standard InChI is InChI=1S/C17H16N4O3/c1-10-11(2)16(18-17(22)14-8-9-24-21-14)20-19-15(10)12-4-6-13(23-3)7-5-12/h4-9H,1-3H3,(H,18,20,22). The van der Waals surface area contributed by atoms with Crippen LogP contribution in [0.15, 0.2) is 41.1 Å². The van der Waals surface area contributed by atoms with E-state index in [0.29, 0.717) is 5.82 Å². The lowest BCUT2D eigenvalue weighted by Crippen LogP contribution is -2.15. The number of aromatic nitrogens is 3. The molecule has 0 atom stereocenters. The van der Waals surface area contributed by atoms with Crippen molar-refractivity contribution in [2.45, 2.75) is 13.8 Å². The topological polar surface area (TPSA) is 90.1 Å². The second-order valence-corrected chi connectivity index (χ2v) is 5.21. The number of ether oxygens (including phenoxy) is 1. The number of rotatable bonds is 4. The Morgan fingerprint density at radius 2 is 1.83 bits per heavy atom. The molecule has 1 N–H and O–H groups in total. The molecule has 0 aliphatic heterocycles. The van der Waals surface area contributed by atoms with Gasteiger partial charge in [0.25, 0.3) is 5.91 Å². The Labute approximate surface area is 138 Å². The van der Waals surface area contributed by atoms with Crippen LogP contribution in [-0.2, 0) is 0 Å². The van der Waals surface area contributed by atoms with Crippen molar-refractivity contribution in [3.05, 3.63) is 53.4 Å². The van der Waals surface area contributed by atoms with Crippen LogP contribution in [-0.4, -0.2) is 28.4 Å². The molecule has 0 radical (unpaired) electrons. The summed E-state index contributed by atoms with van der Waals surface area (Å²) < 4.78 is 9.83. The summed E-state index contributed by atoms with van der Waals surface area (Å²) in [4.78, 5) is 12.0. The molecule has 2 heterocycles. The molecule has 2 aromatic heterocycles. The van der Waals surface area contributed by atoms with Gasteiger partial charge in [-0.2, -0.15) is 0 Å². The van der Waals surface area contributed by atoms with Crippen molar-refractivity contribution in [2.75, 3.05) is 12.4 Å². The van der Waals surface area contributed by atoms with Crippen molar-refractivity contribution in [3.63, 3.8) is 0 Å². The lowest BCUT2D eigenvalue weighted by molar-refractivity contribution is 0.101. The predicted molar refractivity (Wildman–Crippen MR) is 88.0 cm³/mol. The van der Waals surface area contributed by atoms with E-state index in [2.05, 4.69) is 25.2 Å². The van der Waals surface area contributed by atoms with Crippen LogP contribution < -0.4 is 10.1 Å². The quantitative estimate of drug-likeness (QED) is 0.793. The van der Waals surface area contributed by atoms with Crippen LogP contribution in [0.1, 0.15) is 21.6 Å². The summed E-state index contributed by atoms with van der Waals surface area (Å²) in [5.41, 5.74) is 3.65. The van der Waals surface area contributed by atoms with Gasteiger partial charge in [-0.25, -0.2) is 0 Å². The number of anilines is 1. The SMILES string of the molecule is COc1ccc(-c2nnc(NC(=O)c3ccon3)c(C)c2C)cc1. The van der Waals surface area contributed by atoms with Crippen LogP contribution in [0.25, 0.3) is 11.3 Å². The minimum Gasteiger partial charge on any atom is -0.497 e. The fourth-order valence-electron chi connectivity index (χ4n) is 2.25. The van der Waals surface area contributed by atoms with Gasteiger partial charge >= 0.3 is 0 Å². The number of amides is 1. The normalized spacial score (nSPS) is 10.5. The van der Waals surface area contributed by atoms with Gasteiger partial charge < -0.3 is 14.6 Å². The highest BCUT2D eigenvalue weighted by Crippen LogP contribution is 2.27. The minimum absolute atomic E-state index is 0.188. The lowest BCUT2D eigenvalue weighted by atomic mass is 10.0. The highest BCUT2D eigenvalue weighted by Gasteiger charge is 2.15. The first-order chi connectivity index (χ1) is 11.6. The Balaban J connectivity index is 1.89. The van der Waals surface area contributed by atoms with Crippen LogP contribution in [0.4, 0.5) is 5.82 Å². The highest BCUT2D eigenvalue weighted by molar-refractivity contribution is 6.02. The lowest BCUT2D eigenvalue weighted by Gasteiger charge is -2.12. The average molecular weight is 324 g/mol. The van der Waals surface area contributed by atoms with Crippen molar-refractivity contribution in [1.29, 1.82) is 0 Å². The van der Waals surface area contributed by atoms with E-state index in [-0.39, 0.29) is 5.69 Å². The maximum atomic E-state index is 12.0. The predicted octanol–water partition coefficient (Wildman–Crippen LogP) is 3.01. The number of methoxy groups -OCH3 is 1. The molecule has 122 valence electrons. The molecule has 0 spiro atoms. The van der Waals surface area contributed by atoms with Gasteiger partial charge in [0.05, 0.1) is 12.8 Å². The zero-order valence-corrected chi connectivity index (χ0v) is 13.5. The molecule has 0 unspecified atom stereocenters. The Hall–Kier alpha value is -3.22. The molecule has 0 saturated heterocycles. The number of carbonyl (C=O) groups is 1. The molecule has 7 nitrogen and oxygen atoms in total. The van der Waals surface area contributed by atoms with Crippen LogP contribution in [0.3, 0.4) is 0 Å². The van der Waals surface area contributed by atoms with E-state index < -0.39 is 5.91 Å². The molecule has 0 saturated carbocycles. The second-order valence-electron chi connectivity index (χ2n) is 5.21. The van der Waals surface area contributed by atoms with Gasteiger partial charge in [-0.05, 0) is 49.2 Å². The molecule has 24 heavy (non-hydrogen) atoms. The number of hydrogen-bond acceptors (Lipinski definition) is 6. The zero-order chi connectivity index (χ0) is 17.1. The number of benzene rings is 1. The third kappa shape index (κ3) is 2.96. The maximum absolute atomic E-state index is 12.0. The smallest absolute Gasteiger partial charge is 0.279 e. The summed E-state index contributed by atoms with van der Waals surface area (Å²) in [6.07, 6.45) is 1.34. The molecule has 3 aromatic rings. The van der Waals surface area contributed by atoms with Gasteiger partial charge in [0, 0.05) is 11.6 Å². The van der Waals surface area contributed by atoms with Gasteiger partial charge in [0.2, 0.25) is 0 Å². The molecule has 1 aromatic carbocycles. The van der Waals surface area contributed by atoms with Gasteiger partial charge in [-0.1, -0.05) is 5.16 Å². The van der Waals surface area contributed by atoms with Crippen molar-refractivity contribution in [2.24, 2.45) is 0 Å². The number of carbonyl (C=O) groups excluding carboxylic acids is 1. The van der Waals surface area contributed by atoms with E-state index in [0.717, 1.165) is 28.1 Å². The molecule has 0 fully saturated rings. The third-order valence-electron chi connectivity index (χ3n) is 3.79. The van der Waals surface area contributed by atoms with Crippen LogP contribution >= 0.6 is 0 Å². The summed E-state index contributed by atoms with van der Waals surface area (Å²) in [5, 5.41) is 14.7. The summed E-state index contributed by atoms with van der Waals surface area (Å²) in [5.74, 6) is 0.785. The van der Waals surface area contributed by atoms with Gasteiger partial charge in [-0.3, -0.25) is 4.79 Å². The molecular formula is C17H16N4O3. The van der Waals surface area contributed by atoms with E-state index in [1.165, 1.54) is 12.3 Å². The summed E-state index contributed by atoms with van der Waals surface area (Å²) in [6.45, 7) is 3.82. The van der Waals surface area contributed by atoms with E-state index in [4.69, 9.17) is 4.74 Å². The Morgan fingerprint density at radius 3 is 2.46 bits per heavy atom. The number of hydrogen-bond donors (Lipinski definition) is 1. The summed E-state index contributed by atoms with van der Waals surface area (Å²) in [7, 11) is 1.62. The third-order valence-corrected chi connectivity index (χ3v) is 3.79. The molecular weight excluding hydrogens is 308 g/mol. The zero-order valence-electron chi connectivity index (χ0n) is 13.5. The Morgan fingerprint density at radius 1 is 1.08 bits per heavy atom. The van der Waals surface area contributed by atoms with Crippen molar-refractivity contribution < 1.29 is 14.1 Å². The van der Waals surface area contributed by atoms with E-state index >= 15 is 0 Å². The van der Waals surface area contributed by atoms with Crippen molar-refractivity contribution in [3.8, 4) is 17.0 Å². The monoisotopic (exact) mass is 324 g/mol. The fraction of sp³-hybridized carbons (Fsp3) is 0.176. The van der Waals surface area contributed by atoms with E-state index in [9.17, 15) is 4.79 Å². The van der Waals surface area contributed by atoms with Crippen LogP contribution in [0, 0.1) is 13.8 Å². The average Bonchev–Trinajstić information content (AvgIpc) is 3.14. The number of nitrogens with zero attached hydrogens (tertiary/aromatic N) is 3. The highest BCUT2D eigenvalue weighted by atomic mass is 16.5. The minimum atomic E-state index is -0.391. The Kier molecular flexibility index (Phi) is 4.24.